The minimum atomic E-state index is -3.52. The van der Waals surface area contributed by atoms with Crippen molar-refractivity contribution in [3.05, 3.63) is 0 Å². The summed E-state index contributed by atoms with van der Waals surface area (Å²) in [5.74, 6) is 1.30. The molecule has 3 nitrogen and oxygen atoms in total. The van der Waals surface area contributed by atoms with Crippen molar-refractivity contribution in [2.75, 3.05) is 19.7 Å². The average molecular weight is 404 g/mol. The fraction of sp³-hybridized carbons (Fsp3) is 1.00. The maximum absolute atomic E-state index is 15.1. The molecule has 0 bridgehead atoms. The zero-order valence-electron chi connectivity index (χ0n) is 18.4. The van der Waals surface area contributed by atoms with Crippen LogP contribution >= 0.6 is 7.52 Å². The Morgan fingerprint density at radius 3 is 2.33 bits per heavy atom. The van der Waals surface area contributed by atoms with Gasteiger partial charge in [-0.1, -0.05) is 65.7 Å². The van der Waals surface area contributed by atoms with Crippen molar-refractivity contribution in [1.29, 1.82) is 0 Å². The number of piperidine rings is 1. The molecule has 0 aromatic rings. The quantitative estimate of drug-likeness (QED) is 0.281. The average Bonchev–Trinajstić information content (AvgIpc) is 2.62. The van der Waals surface area contributed by atoms with Gasteiger partial charge in [0.1, 0.15) is 0 Å². The Kier molecular flexibility index (Phi) is 8.41. The molecular weight excluding hydrogens is 360 g/mol. The molecule has 2 aliphatic rings. The third-order valence-electron chi connectivity index (χ3n) is 6.65. The van der Waals surface area contributed by atoms with Gasteiger partial charge in [-0.3, -0.25) is 4.57 Å². The third-order valence-corrected chi connectivity index (χ3v) is 9.58. The normalized spacial score (nSPS) is 27.2. The number of alkyl halides is 1. The molecule has 1 aliphatic carbocycles. The molecule has 1 aliphatic heterocycles. The van der Waals surface area contributed by atoms with Crippen molar-refractivity contribution < 1.29 is 13.5 Å². The van der Waals surface area contributed by atoms with E-state index in [0.717, 1.165) is 31.7 Å². The maximum Gasteiger partial charge on any atom is 0.308 e. The van der Waals surface area contributed by atoms with Crippen LogP contribution in [0.15, 0.2) is 0 Å². The molecule has 3 unspecified atom stereocenters. The van der Waals surface area contributed by atoms with Crippen molar-refractivity contribution >= 4 is 7.52 Å². The van der Waals surface area contributed by atoms with Gasteiger partial charge in [-0.25, -0.2) is 9.06 Å². The van der Waals surface area contributed by atoms with Gasteiger partial charge in [0.05, 0.1) is 6.61 Å². The molecule has 2 fully saturated rings. The van der Waals surface area contributed by atoms with Crippen LogP contribution in [0.3, 0.4) is 0 Å². The lowest BCUT2D eigenvalue weighted by molar-refractivity contribution is 0.0898. The molecule has 0 spiro atoms. The van der Waals surface area contributed by atoms with Crippen LogP contribution in [0.1, 0.15) is 98.8 Å². The molecule has 3 atom stereocenters. The monoisotopic (exact) mass is 403 g/mol. The Balaban J connectivity index is 2.00. The summed E-state index contributed by atoms with van der Waals surface area (Å²) < 4.78 is 36.9. The van der Waals surface area contributed by atoms with E-state index in [9.17, 15) is 4.57 Å². The molecule has 0 radical (unpaired) electrons. The zero-order valence-corrected chi connectivity index (χ0v) is 19.3. The minimum Gasteiger partial charge on any atom is -0.315 e. The maximum atomic E-state index is 15.1. The van der Waals surface area contributed by atoms with Crippen LogP contribution in [0, 0.1) is 17.3 Å². The fourth-order valence-electron chi connectivity index (χ4n) is 4.76. The Hall–Kier alpha value is 0.0800. The summed E-state index contributed by atoms with van der Waals surface area (Å²) in [6.07, 6.45) is 12.0. The first kappa shape index (κ1) is 23.4. The fourth-order valence-corrected chi connectivity index (χ4v) is 7.23. The van der Waals surface area contributed by atoms with Crippen LogP contribution in [-0.4, -0.2) is 29.8 Å². The van der Waals surface area contributed by atoms with Gasteiger partial charge in [0.15, 0.2) is 5.41 Å². The van der Waals surface area contributed by atoms with Crippen LogP contribution in [0.5, 0.6) is 0 Å². The molecule has 1 saturated heterocycles. The van der Waals surface area contributed by atoms with Crippen LogP contribution in [0.25, 0.3) is 0 Å². The second-order valence-corrected chi connectivity index (χ2v) is 13.1. The summed E-state index contributed by atoms with van der Waals surface area (Å²) in [6, 6.07) is 0. The van der Waals surface area contributed by atoms with E-state index in [1.165, 1.54) is 58.8 Å². The van der Waals surface area contributed by atoms with Crippen LogP contribution in [0.4, 0.5) is 4.39 Å². The number of halogens is 1. The highest BCUT2D eigenvalue weighted by Gasteiger charge is 2.50. The summed E-state index contributed by atoms with van der Waals surface area (Å²) in [5.41, 5.74) is -0.0716. The number of hydrogen-bond acceptors (Lipinski definition) is 2. The summed E-state index contributed by atoms with van der Waals surface area (Å²) in [4.78, 5) is 0. The van der Waals surface area contributed by atoms with Gasteiger partial charge >= 0.3 is 7.52 Å². The second kappa shape index (κ2) is 9.72. The lowest BCUT2D eigenvalue weighted by Gasteiger charge is -2.46. The van der Waals surface area contributed by atoms with Crippen LogP contribution in [0.2, 0.25) is 0 Å². The largest absolute Gasteiger partial charge is 0.315 e. The molecule has 27 heavy (non-hydrogen) atoms. The molecule has 0 amide bonds. The molecule has 5 heteroatoms. The van der Waals surface area contributed by atoms with Crippen LogP contribution < -0.4 is 0 Å². The first-order chi connectivity index (χ1) is 12.6. The van der Waals surface area contributed by atoms with Gasteiger partial charge in [0, 0.05) is 13.1 Å². The van der Waals surface area contributed by atoms with E-state index in [0.29, 0.717) is 19.1 Å². The van der Waals surface area contributed by atoms with E-state index in [2.05, 4.69) is 20.8 Å². The van der Waals surface area contributed by atoms with Gasteiger partial charge < -0.3 is 4.52 Å². The van der Waals surface area contributed by atoms with Crippen molar-refractivity contribution in [2.45, 2.75) is 104 Å². The van der Waals surface area contributed by atoms with Gasteiger partial charge in [-0.05, 0) is 50.4 Å². The molecule has 0 aromatic carbocycles. The first-order valence-electron chi connectivity index (χ1n) is 11.3. The molecule has 1 heterocycles. The Bertz CT molecular complexity index is 503. The Morgan fingerprint density at radius 2 is 1.70 bits per heavy atom. The SMILES string of the molecule is CCCCCCC(C)(C)COP(=O)(N1CCC2CCCCC2C1)C(C)(C)F. The van der Waals surface area contributed by atoms with E-state index < -0.39 is 12.9 Å². The van der Waals surface area contributed by atoms with Crippen molar-refractivity contribution in [3.63, 3.8) is 0 Å². The predicted molar refractivity (Wildman–Crippen MR) is 113 cm³/mol. The Labute approximate surface area is 167 Å². The number of fused-ring (bicyclic) bond motifs is 1. The standard InChI is InChI=1S/C22H43FNO2P/c1-6-7-8-11-15-21(2,3)18-26-27(25,22(4,5)23)24-16-14-19-12-9-10-13-20(19)17-24/h19-20H,6-18H2,1-5H3. The van der Waals surface area contributed by atoms with Gasteiger partial charge in [0.25, 0.3) is 0 Å². The number of unbranched alkanes of at least 4 members (excludes halogenated alkanes) is 3. The molecule has 160 valence electrons. The molecule has 2 rings (SSSR count). The second-order valence-electron chi connectivity index (χ2n) is 10.2. The van der Waals surface area contributed by atoms with Gasteiger partial charge in [-0.2, -0.15) is 0 Å². The highest BCUT2D eigenvalue weighted by Crippen LogP contribution is 2.64. The summed E-state index contributed by atoms with van der Waals surface area (Å²) >= 11 is 0. The minimum absolute atomic E-state index is 0.0716. The lowest BCUT2D eigenvalue weighted by Crippen LogP contribution is -2.43. The molecule has 0 N–H and O–H groups in total. The van der Waals surface area contributed by atoms with Crippen molar-refractivity contribution in [3.8, 4) is 0 Å². The predicted octanol–water partition coefficient (Wildman–Crippen LogP) is 7.41. The molecule has 0 aromatic heterocycles. The van der Waals surface area contributed by atoms with E-state index in [-0.39, 0.29) is 5.41 Å². The number of rotatable bonds is 10. The van der Waals surface area contributed by atoms with E-state index in [1.54, 1.807) is 0 Å². The number of nitrogens with zero attached hydrogens (tertiary/aromatic N) is 1. The van der Waals surface area contributed by atoms with Crippen molar-refractivity contribution in [1.82, 2.24) is 4.67 Å². The van der Waals surface area contributed by atoms with E-state index >= 15 is 4.39 Å². The summed E-state index contributed by atoms with van der Waals surface area (Å²) in [5, 5.41) is -1.83. The smallest absolute Gasteiger partial charge is 0.308 e. The first-order valence-corrected chi connectivity index (χ1v) is 12.9. The molecule has 1 saturated carbocycles. The highest BCUT2D eigenvalue weighted by molar-refractivity contribution is 7.57. The third kappa shape index (κ3) is 6.28. The lowest BCUT2D eigenvalue weighted by atomic mass is 9.76. The van der Waals surface area contributed by atoms with Crippen LogP contribution in [-0.2, 0) is 9.09 Å². The van der Waals surface area contributed by atoms with E-state index in [1.807, 2.05) is 4.67 Å². The highest BCUT2D eigenvalue weighted by atomic mass is 31.2. The zero-order chi connectivity index (χ0) is 20.1. The molecular formula is C22H43FNO2P. The van der Waals surface area contributed by atoms with Gasteiger partial charge in [0.2, 0.25) is 0 Å². The van der Waals surface area contributed by atoms with Crippen molar-refractivity contribution in [2.24, 2.45) is 17.3 Å². The number of hydrogen-bond donors (Lipinski definition) is 0. The van der Waals surface area contributed by atoms with Gasteiger partial charge in [-0.15, -0.1) is 0 Å². The summed E-state index contributed by atoms with van der Waals surface area (Å²) in [6.45, 7) is 11.2. The van der Waals surface area contributed by atoms with E-state index in [4.69, 9.17) is 4.52 Å². The topological polar surface area (TPSA) is 29.5 Å². The Morgan fingerprint density at radius 1 is 1.04 bits per heavy atom. The summed E-state index contributed by atoms with van der Waals surface area (Å²) in [7, 11) is -3.52.